The number of hydrogen-bond donors (Lipinski definition) is 0. The molecule has 1 aliphatic rings. The Morgan fingerprint density at radius 2 is 0.875 bits per heavy atom. The molecule has 0 aromatic heterocycles. The van der Waals surface area contributed by atoms with Crippen LogP contribution in [0, 0.1) is 0 Å². The van der Waals surface area contributed by atoms with E-state index in [1.54, 1.807) is 0 Å². The van der Waals surface area contributed by atoms with E-state index >= 15 is 0 Å². The highest BCUT2D eigenvalue weighted by molar-refractivity contribution is 5.21. The summed E-state index contributed by atoms with van der Waals surface area (Å²) < 4.78 is 93.1. The third kappa shape index (κ3) is 1.23. The first kappa shape index (κ1) is 13.6. The third-order valence-corrected chi connectivity index (χ3v) is 3.15. The average Bonchev–Trinajstić information content (AvgIpc) is 1.98. The van der Waals surface area contributed by atoms with Gasteiger partial charge in [0, 0.05) is 6.42 Å². The zero-order valence-electron chi connectivity index (χ0n) is 8.85. The maximum absolute atomic E-state index is 13.4. The second-order valence-electron chi connectivity index (χ2n) is 4.72. The Hall–Kier alpha value is -0.490. The van der Waals surface area contributed by atoms with Crippen molar-refractivity contribution in [1.82, 2.24) is 0 Å². The Morgan fingerprint density at radius 1 is 0.625 bits per heavy atom. The van der Waals surface area contributed by atoms with Crippen LogP contribution in [0.4, 0.5) is 30.7 Å². The lowest BCUT2D eigenvalue weighted by atomic mass is 9.66. The molecule has 96 valence electrons. The van der Waals surface area contributed by atoms with Crippen LogP contribution in [0.1, 0.15) is 27.2 Å². The lowest BCUT2D eigenvalue weighted by Gasteiger charge is -2.52. The van der Waals surface area contributed by atoms with Crippen molar-refractivity contribution < 1.29 is 30.7 Å². The summed E-state index contributed by atoms with van der Waals surface area (Å²) >= 11 is 0. The summed E-state index contributed by atoms with van der Waals surface area (Å²) in [6.07, 6.45) is -1.76. The van der Waals surface area contributed by atoms with E-state index in [0.29, 0.717) is 0 Å². The fourth-order valence-electron chi connectivity index (χ4n) is 2.02. The lowest BCUT2D eigenvalue weighted by Crippen LogP contribution is -2.74. The standard InChI is InChI=1S/C9H11F7/c1-5(10)4-6(2,11)9(15,16)7(3,12)8(5,13)14/h4H2,1-3H3. The Labute approximate surface area is 87.8 Å². The van der Waals surface area contributed by atoms with Gasteiger partial charge in [0.2, 0.25) is 5.67 Å². The number of alkyl halides is 7. The Kier molecular flexibility index (Phi) is 2.41. The zero-order chi connectivity index (χ0) is 13.2. The summed E-state index contributed by atoms with van der Waals surface area (Å²) in [6, 6.07) is 0. The summed E-state index contributed by atoms with van der Waals surface area (Å²) in [7, 11) is 0. The molecule has 7 heteroatoms. The van der Waals surface area contributed by atoms with E-state index in [1.807, 2.05) is 0 Å². The van der Waals surface area contributed by atoms with Gasteiger partial charge in [-0.2, -0.15) is 17.6 Å². The van der Waals surface area contributed by atoms with E-state index in [4.69, 9.17) is 0 Å². The monoisotopic (exact) mass is 252 g/mol. The molecule has 1 fully saturated rings. The van der Waals surface area contributed by atoms with Crippen molar-refractivity contribution in [1.29, 1.82) is 0 Å². The van der Waals surface area contributed by atoms with Gasteiger partial charge in [0.25, 0.3) is 0 Å². The van der Waals surface area contributed by atoms with Crippen LogP contribution in [0.2, 0.25) is 0 Å². The van der Waals surface area contributed by atoms with Crippen LogP contribution in [0.3, 0.4) is 0 Å². The Bertz CT molecular complexity index is 275. The molecule has 0 radical (unpaired) electrons. The van der Waals surface area contributed by atoms with Crippen molar-refractivity contribution >= 4 is 0 Å². The van der Waals surface area contributed by atoms with Crippen LogP contribution in [-0.4, -0.2) is 28.9 Å². The molecule has 0 saturated heterocycles. The lowest BCUT2D eigenvalue weighted by molar-refractivity contribution is -0.352. The molecule has 1 aliphatic carbocycles. The molecule has 0 N–H and O–H groups in total. The fourth-order valence-corrected chi connectivity index (χ4v) is 2.02. The van der Waals surface area contributed by atoms with Gasteiger partial charge in [0.1, 0.15) is 0 Å². The molecule has 0 bridgehead atoms. The van der Waals surface area contributed by atoms with Crippen molar-refractivity contribution in [3.05, 3.63) is 0 Å². The van der Waals surface area contributed by atoms with Crippen LogP contribution >= 0.6 is 0 Å². The van der Waals surface area contributed by atoms with Crippen molar-refractivity contribution in [3.63, 3.8) is 0 Å². The van der Waals surface area contributed by atoms with Crippen molar-refractivity contribution in [2.24, 2.45) is 0 Å². The molecule has 1 rings (SSSR count). The molecule has 0 aromatic rings. The van der Waals surface area contributed by atoms with Crippen LogP contribution in [0.15, 0.2) is 0 Å². The first-order valence-electron chi connectivity index (χ1n) is 4.53. The highest BCUT2D eigenvalue weighted by Gasteiger charge is 2.83. The second kappa shape index (κ2) is 2.85. The van der Waals surface area contributed by atoms with E-state index in [0.717, 1.165) is 0 Å². The van der Waals surface area contributed by atoms with Gasteiger partial charge in [0.05, 0.1) is 0 Å². The van der Waals surface area contributed by atoms with Crippen molar-refractivity contribution in [2.45, 2.75) is 56.0 Å². The predicted molar refractivity (Wildman–Crippen MR) is 43.1 cm³/mol. The van der Waals surface area contributed by atoms with Crippen LogP contribution in [0.5, 0.6) is 0 Å². The quantitative estimate of drug-likeness (QED) is 0.574. The molecule has 2 unspecified atom stereocenters. The minimum Gasteiger partial charge on any atom is -0.237 e. The molecule has 0 aromatic carbocycles. The summed E-state index contributed by atoms with van der Waals surface area (Å²) in [5.74, 6) is -9.93. The molecule has 2 atom stereocenters. The molecule has 0 nitrogen and oxygen atoms in total. The van der Waals surface area contributed by atoms with Gasteiger partial charge in [-0.15, -0.1) is 0 Å². The van der Waals surface area contributed by atoms with Crippen LogP contribution in [0.25, 0.3) is 0 Å². The highest BCUT2D eigenvalue weighted by atomic mass is 19.3. The molecule has 1 saturated carbocycles. The molecule has 0 heterocycles. The highest BCUT2D eigenvalue weighted by Crippen LogP contribution is 2.62. The molecular weight excluding hydrogens is 241 g/mol. The fraction of sp³-hybridized carbons (Fsp3) is 1.00. The predicted octanol–water partition coefficient (Wildman–Crippen LogP) is 3.85. The largest absolute Gasteiger partial charge is 0.320 e. The average molecular weight is 252 g/mol. The number of hydrogen-bond acceptors (Lipinski definition) is 0. The van der Waals surface area contributed by atoms with Crippen LogP contribution in [-0.2, 0) is 0 Å². The maximum atomic E-state index is 13.4. The first-order chi connectivity index (χ1) is 6.71. The van der Waals surface area contributed by atoms with Gasteiger partial charge in [-0.1, -0.05) is 0 Å². The molecule has 0 amide bonds. The Balaban J connectivity index is 3.43. The van der Waals surface area contributed by atoms with Gasteiger partial charge >= 0.3 is 11.8 Å². The van der Waals surface area contributed by atoms with Gasteiger partial charge < -0.3 is 0 Å². The third-order valence-electron chi connectivity index (χ3n) is 3.15. The van der Waals surface area contributed by atoms with Gasteiger partial charge in [-0.3, -0.25) is 0 Å². The summed E-state index contributed by atoms with van der Waals surface area (Å²) in [5, 5.41) is 0. The summed E-state index contributed by atoms with van der Waals surface area (Å²) in [4.78, 5) is 0. The minimum atomic E-state index is -4.96. The molecular formula is C9H11F7. The normalized spacial score (nSPS) is 51.4. The second-order valence-corrected chi connectivity index (χ2v) is 4.72. The Morgan fingerprint density at radius 3 is 1.12 bits per heavy atom. The van der Waals surface area contributed by atoms with E-state index < -0.39 is 35.3 Å². The summed E-state index contributed by atoms with van der Waals surface area (Å²) in [6.45, 7) is 0.262. The van der Waals surface area contributed by atoms with Crippen molar-refractivity contribution in [2.75, 3.05) is 0 Å². The zero-order valence-corrected chi connectivity index (χ0v) is 8.85. The summed E-state index contributed by atoms with van der Waals surface area (Å²) in [5.41, 5.74) is -11.9. The molecule has 0 spiro atoms. The van der Waals surface area contributed by atoms with Gasteiger partial charge in [-0.05, 0) is 20.8 Å². The van der Waals surface area contributed by atoms with E-state index in [1.165, 1.54) is 0 Å². The van der Waals surface area contributed by atoms with Crippen molar-refractivity contribution in [3.8, 4) is 0 Å². The molecule has 0 aliphatic heterocycles. The van der Waals surface area contributed by atoms with E-state index in [2.05, 4.69) is 0 Å². The SMILES string of the molecule is CC1(F)CC(C)(F)C(F)(F)C(C)(F)C1(F)F. The number of rotatable bonds is 0. The number of halogens is 7. The van der Waals surface area contributed by atoms with E-state index in [-0.39, 0.29) is 20.8 Å². The van der Waals surface area contributed by atoms with Crippen LogP contribution < -0.4 is 0 Å². The van der Waals surface area contributed by atoms with E-state index in [9.17, 15) is 30.7 Å². The van der Waals surface area contributed by atoms with Gasteiger partial charge in [-0.25, -0.2) is 13.2 Å². The van der Waals surface area contributed by atoms with Gasteiger partial charge in [0.15, 0.2) is 11.3 Å². The maximum Gasteiger partial charge on any atom is 0.320 e. The smallest absolute Gasteiger partial charge is 0.237 e. The first-order valence-corrected chi connectivity index (χ1v) is 4.53. The minimum absolute atomic E-state index is 0.179. The topological polar surface area (TPSA) is 0 Å². The molecule has 16 heavy (non-hydrogen) atoms.